The van der Waals surface area contributed by atoms with E-state index in [1.54, 1.807) is 12.1 Å². The maximum Gasteiger partial charge on any atom is 0.119 e. The number of allylic oxidation sites excluding steroid dienone is 3. The van der Waals surface area contributed by atoms with Crippen LogP contribution in [0.25, 0.3) is 33.4 Å². The summed E-state index contributed by atoms with van der Waals surface area (Å²) >= 11 is 0. The highest BCUT2D eigenvalue weighted by molar-refractivity contribution is 5.82. The summed E-state index contributed by atoms with van der Waals surface area (Å²) in [7, 11) is 0. The minimum absolute atomic E-state index is 0.281. The fourth-order valence-electron chi connectivity index (χ4n) is 4.80. The molecule has 0 aromatic heterocycles. The normalized spacial score (nSPS) is 10.8. The topological polar surface area (TPSA) is 40.5 Å². The molecule has 0 aliphatic heterocycles. The van der Waals surface area contributed by atoms with Crippen molar-refractivity contribution in [3.63, 3.8) is 0 Å². The predicted octanol–water partition coefficient (Wildman–Crippen LogP) is 9.45. The average molecular weight is 501 g/mol. The third kappa shape index (κ3) is 6.52. The molecule has 4 aromatic rings. The van der Waals surface area contributed by atoms with Gasteiger partial charge in [-0.05, 0) is 133 Å². The van der Waals surface area contributed by atoms with Crippen LogP contribution in [0.2, 0.25) is 0 Å². The molecular formula is C36H36O2. The molecule has 0 saturated carbocycles. The van der Waals surface area contributed by atoms with Crippen molar-refractivity contribution in [1.82, 2.24) is 0 Å². The van der Waals surface area contributed by atoms with Crippen LogP contribution < -0.4 is 0 Å². The molecule has 0 amide bonds. The third-order valence-corrected chi connectivity index (χ3v) is 6.51. The second kappa shape index (κ2) is 11.4. The zero-order chi connectivity index (χ0) is 27.4. The van der Waals surface area contributed by atoms with Crippen molar-refractivity contribution >= 4 is 0 Å². The van der Waals surface area contributed by atoms with Gasteiger partial charge in [0, 0.05) is 0 Å². The predicted molar refractivity (Wildman–Crippen MR) is 162 cm³/mol. The van der Waals surface area contributed by atoms with Gasteiger partial charge in [-0.15, -0.1) is 0 Å². The second-order valence-electron chi connectivity index (χ2n) is 10.6. The van der Waals surface area contributed by atoms with Gasteiger partial charge in [0.15, 0.2) is 0 Å². The van der Waals surface area contributed by atoms with E-state index in [0.717, 1.165) is 67.6 Å². The van der Waals surface area contributed by atoms with Gasteiger partial charge in [0.25, 0.3) is 0 Å². The van der Waals surface area contributed by atoms with Crippen molar-refractivity contribution in [2.45, 2.75) is 40.0 Å². The van der Waals surface area contributed by atoms with E-state index in [1.165, 1.54) is 5.56 Å². The molecule has 0 aliphatic carbocycles. The maximum atomic E-state index is 10.4. The molecule has 0 spiro atoms. The van der Waals surface area contributed by atoms with Crippen molar-refractivity contribution in [3.8, 4) is 44.9 Å². The molecule has 4 rings (SSSR count). The SMILES string of the molecule is C=C(C)Cc1cccc(-c2cc(-c3ccc(O)c(CC(=C)C)c3)cc(-c3ccc(O)c(CC(=C)C)c3)c2)c1. The number of rotatable bonds is 9. The lowest BCUT2D eigenvalue weighted by Crippen LogP contribution is -1.92. The summed E-state index contributed by atoms with van der Waals surface area (Å²) in [6.07, 6.45) is 2.08. The molecule has 38 heavy (non-hydrogen) atoms. The highest BCUT2D eigenvalue weighted by atomic mass is 16.3. The first-order valence-corrected chi connectivity index (χ1v) is 12.9. The smallest absolute Gasteiger partial charge is 0.119 e. The van der Waals surface area contributed by atoms with E-state index in [0.29, 0.717) is 12.8 Å². The number of benzene rings is 4. The van der Waals surface area contributed by atoms with E-state index in [-0.39, 0.29) is 11.5 Å². The fraction of sp³-hybridized carbons (Fsp3) is 0.167. The van der Waals surface area contributed by atoms with Crippen molar-refractivity contribution < 1.29 is 10.2 Å². The molecule has 2 heteroatoms. The number of aromatic hydroxyl groups is 2. The van der Waals surface area contributed by atoms with E-state index in [1.807, 2.05) is 45.0 Å². The highest BCUT2D eigenvalue weighted by Gasteiger charge is 2.12. The summed E-state index contributed by atoms with van der Waals surface area (Å²) in [5, 5.41) is 20.9. The Morgan fingerprint density at radius 1 is 0.500 bits per heavy atom. The monoisotopic (exact) mass is 500 g/mol. The molecule has 2 nitrogen and oxygen atoms in total. The largest absolute Gasteiger partial charge is 0.508 e. The summed E-state index contributed by atoms with van der Waals surface area (Å²) in [5.74, 6) is 0.562. The van der Waals surface area contributed by atoms with E-state index in [2.05, 4.69) is 62.2 Å². The lowest BCUT2D eigenvalue weighted by Gasteiger charge is -2.15. The molecular weight excluding hydrogens is 464 g/mol. The van der Waals surface area contributed by atoms with E-state index in [4.69, 9.17) is 0 Å². The minimum Gasteiger partial charge on any atom is -0.508 e. The molecule has 192 valence electrons. The van der Waals surface area contributed by atoms with Crippen LogP contribution in [-0.2, 0) is 19.3 Å². The number of phenolic OH excluding ortho intramolecular Hbond substituents is 2. The Kier molecular flexibility index (Phi) is 8.02. The van der Waals surface area contributed by atoms with Crippen LogP contribution in [0.15, 0.2) is 115 Å². The van der Waals surface area contributed by atoms with E-state index >= 15 is 0 Å². The molecule has 0 fully saturated rings. The van der Waals surface area contributed by atoms with E-state index in [9.17, 15) is 10.2 Å². The fourth-order valence-corrected chi connectivity index (χ4v) is 4.80. The second-order valence-corrected chi connectivity index (χ2v) is 10.6. The van der Waals surface area contributed by atoms with Crippen molar-refractivity contribution in [1.29, 1.82) is 0 Å². The van der Waals surface area contributed by atoms with Crippen molar-refractivity contribution in [2.75, 3.05) is 0 Å². The van der Waals surface area contributed by atoms with Gasteiger partial charge < -0.3 is 10.2 Å². The molecule has 0 unspecified atom stereocenters. The van der Waals surface area contributed by atoms with Gasteiger partial charge >= 0.3 is 0 Å². The number of phenols is 2. The first-order chi connectivity index (χ1) is 18.1. The minimum atomic E-state index is 0.281. The molecule has 0 atom stereocenters. The van der Waals surface area contributed by atoms with E-state index < -0.39 is 0 Å². The Balaban J connectivity index is 1.90. The summed E-state index contributed by atoms with van der Waals surface area (Å²) in [6.45, 7) is 18.1. The molecule has 0 bridgehead atoms. The van der Waals surface area contributed by atoms with Crippen LogP contribution in [0.5, 0.6) is 11.5 Å². The Morgan fingerprint density at radius 2 is 0.921 bits per heavy atom. The highest BCUT2D eigenvalue weighted by Crippen LogP contribution is 2.36. The van der Waals surface area contributed by atoms with Crippen LogP contribution in [0.3, 0.4) is 0 Å². The van der Waals surface area contributed by atoms with Gasteiger partial charge in [-0.25, -0.2) is 0 Å². The third-order valence-electron chi connectivity index (χ3n) is 6.51. The molecule has 2 N–H and O–H groups in total. The number of hydrogen-bond acceptors (Lipinski definition) is 2. The summed E-state index contributed by atoms with van der Waals surface area (Å²) in [5.41, 5.74) is 12.5. The van der Waals surface area contributed by atoms with Gasteiger partial charge in [-0.3, -0.25) is 0 Å². The average Bonchev–Trinajstić information content (AvgIpc) is 2.85. The number of hydrogen-bond donors (Lipinski definition) is 2. The summed E-state index contributed by atoms with van der Waals surface area (Å²) in [6, 6.07) is 26.7. The zero-order valence-corrected chi connectivity index (χ0v) is 22.6. The molecule has 0 heterocycles. The van der Waals surface area contributed by atoms with Crippen molar-refractivity contribution in [2.24, 2.45) is 0 Å². The van der Waals surface area contributed by atoms with Crippen LogP contribution in [0.1, 0.15) is 37.5 Å². The Morgan fingerprint density at radius 3 is 1.34 bits per heavy atom. The molecule has 0 radical (unpaired) electrons. The van der Waals surface area contributed by atoms with Crippen LogP contribution >= 0.6 is 0 Å². The first kappa shape index (κ1) is 26.8. The zero-order valence-electron chi connectivity index (χ0n) is 22.6. The van der Waals surface area contributed by atoms with Crippen LogP contribution in [-0.4, -0.2) is 10.2 Å². The quantitative estimate of drug-likeness (QED) is 0.225. The molecule has 0 saturated heterocycles. The standard InChI is InChI=1S/C36H36O2/c1-23(2)14-26-8-7-9-27(17-26)30-20-31(28-10-12-35(37)33(18-28)15-24(3)4)22-32(21-30)29-11-13-36(38)34(19-29)16-25(5)6/h7-13,17-22,37-38H,1,3,5,14-16H2,2,4,6H3. The maximum absolute atomic E-state index is 10.4. The van der Waals surface area contributed by atoms with Crippen LogP contribution in [0, 0.1) is 0 Å². The Labute approximate surface area is 227 Å². The van der Waals surface area contributed by atoms with Gasteiger partial charge in [-0.1, -0.05) is 72.9 Å². The summed E-state index contributed by atoms with van der Waals surface area (Å²) < 4.78 is 0. The van der Waals surface area contributed by atoms with Crippen LogP contribution in [0.4, 0.5) is 0 Å². The van der Waals surface area contributed by atoms with Crippen molar-refractivity contribution in [3.05, 3.63) is 132 Å². The molecule has 4 aromatic carbocycles. The molecule has 0 aliphatic rings. The first-order valence-electron chi connectivity index (χ1n) is 12.9. The lowest BCUT2D eigenvalue weighted by molar-refractivity contribution is 0.469. The Hall–Kier alpha value is -4.30. The Bertz CT molecular complexity index is 1450. The lowest BCUT2D eigenvalue weighted by atomic mass is 9.90. The summed E-state index contributed by atoms with van der Waals surface area (Å²) in [4.78, 5) is 0. The van der Waals surface area contributed by atoms with Gasteiger partial charge in [0.05, 0.1) is 0 Å². The van der Waals surface area contributed by atoms with Gasteiger partial charge in [-0.2, -0.15) is 0 Å². The van der Waals surface area contributed by atoms with Gasteiger partial charge in [0.1, 0.15) is 11.5 Å². The van der Waals surface area contributed by atoms with Gasteiger partial charge in [0.2, 0.25) is 0 Å².